The normalized spacial score (nSPS) is 10.4. The summed E-state index contributed by atoms with van der Waals surface area (Å²) in [4.78, 5) is 19.2. The van der Waals surface area contributed by atoms with Crippen LogP contribution in [-0.2, 0) is 0 Å². The van der Waals surface area contributed by atoms with Gasteiger partial charge in [-0.1, -0.05) is 18.2 Å². The number of nitrogens with two attached hydrogens (primary N) is 1. The number of nitrogens with one attached hydrogen (secondary N) is 1. The van der Waals surface area contributed by atoms with Crippen LogP contribution in [0.2, 0.25) is 0 Å². The highest BCUT2D eigenvalue weighted by molar-refractivity contribution is 5.94. The van der Waals surface area contributed by atoms with E-state index in [1.807, 2.05) is 6.07 Å². The number of aromatic nitrogens is 2. The lowest BCUT2D eigenvalue weighted by atomic mass is 10.2. The zero-order valence-corrected chi connectivity index (χ0v) is 9.45. The van der Waals surface area contributed by atoms with Crippen LogP contribution in [0.3, 0.4) is 0 Å². The van der Waals surface area contributed by atoms with Crippen molar-refractivity contribution >= 4 is 18.1 Å². The minimum Gasteiger partial charge on any atom is -0.368 e. The highest BCUT2D eigenvalue weighted by Gasteiger charge is 2.01. The number of carbonyl (C=O) groups is 1. The van der Waals surface area contributed by atoms with Crippen LogP contribution in [0.25, 0.3) is 0 Å². The number of hydrazone groups is 1. The largest absolute Gasteiger partial charge is 0.368 e. The first-order chi connectivity index (χ1) is 8.75. The molecule has 0 spiro atoms. The van der Waals surface area contributed by atoms with Crippen molar-refractivity contribution in [1.29, 1.82) is 0 Å². The molecule has 0 saturated carbocycles. The Morgan fingerprint density at radius 1 is 1.22 bits per heavy atom. The van der Waals surface area contributed by atoms with Crippen molar-refractivity contribution in [3.05, 3.63) is 53.9 Å². The van der Waals surface area contributed by atoms with Gasteiger partial charge in [0.1, 0.15) is 0 Å². The third-order valence-corrected chi connectivity index (χ3v) is 2.11. The lowest BCUT2D eigenvalue weighted by Crippen LogP contribution is -2.17. The summed E-state index contributed by atoms with van der Waals surface area (Å²) in [6.45, 7) is 0. The second-order valence-corrected chi connectivity index (χ2v) is 3.44. The number of hydrogen-bond acceptors (Lipinski definition) is 5. The minimum atomic E-state index is -0.275. The average molecular weight is 241 g/mol. The molecule has 0 fully saturated rings. The first kappa shape index (κ1) is 11.7. The van der Waals surface area contributed by atoms with Crippen molar-refractivity contribution in [3.8, 4) is 0 Å². The summed E-state index contributed by atoms with van der Waals surface area (Å²) in [5, 5.41) is 3.80. The van der Waals surface area contributed by atoms with Crippen LogP contribution in [0.15, 0.2) is 47.8 Å². The molecule has 90 valence electrons. The Hall–Kier alpha value is -2.76. The van der Waals surface area contributed by atoms with Crippen molar-refractivity contribution in [3.63, 3.8) is 0 Å². The fourth-order valence-electron chi connectivity index (χ4n) is 1.23. The summed E-state index contributed by atoms with van der Waals surface area (Å²) < 4.78 is 0. The number of carbonyl (C=O) groups excluding carboxylic acids is 1. The van der Waals surface area contributed by atoms with E-state index < -0.39 is 0 Å². The van der Waals surface area contributed by atoms with E-state index in [9.17, 15) is 4.79 Å². The third-order valence-electron chi connectivity index (χ3n) is 2.11. The van der Waals surface area contributed by atoms with E-state index >= 15 is 0 Å². The highest BCUT2D eigenvalue weighted by Crippen LogP contribution is 1.97. The molecule has 1 amide bonds. The molecule has 1 heterocycles. The standard InChI is InChI=1S/C12H11N5O/c13-12-14-6-9(7-15-12)8-16-17-11(18)10-4-2-1-3-5-10/h1-8H,(H,17,18)(H2,13,14,15)/b16-8-. The Balaban J connectivity index is 1.96. The van der Waals surface area contributed by atoms with Crippen molar-refractivity contribution in [1.82, 2.24) is 15.4 Å². The predicted octanol–water partition coefficient (Wildman–Crippen LogP) is 0.823. The Labute approximate surface area is 104 Å². The molecular weight excluding hydrogens is 230 g/mol. The fraction of sp³-hybridized carbons (Fsp3) is 0. The SMILES string of the molecule is Nc1ncc(/C=N\NC(=O)c2ccccc2)cn1. The van der Waals surface area contributed by atoms with E-state index in [4.69, 9.17) is 5.73 Å². The van der Waals surface area contributed by atoms with Gasteiger partial charge >= 0.3 is 0 Å². The van der Waals surface area contributed by atoms with Gasteiger partial charge in [-0.2, -0.15) is 5.10 Å². The number of nitrogens with zero attached hydrogens (tertiary/aromatic N) is 3. The van der Waals surface area contributed by atoms with Gasteiger partial charge in [0.2, 0.25) is 5.95 Å². The highest BCUT2D eigenvalue weighted by atomic mass is 16.2. The first-order valence-corrected chi connectivity index (χ1v) is 5.21. The molecule has 0 bridgehead atoms. The molecule has 6 heteroatoms. The molecule has 18 heavy (non-hydrogen) atoms. The van der Waals surface area contributed by atoms with E-state index in [1.165, 1.54) is 18.6 Å². The molecule has 0 aliphatic rings. The molecule has 0 saturated heterocycles. The molecule has 0 aliphatic heterocycles. The Morgan fingerprint density at radius 2 is 1.89 bits per heavy atom. The van der Waals surface area contributed by atoms with E-state index in [0.717, 1.165) is 0 Å². The maximum absolute atomic E-state index is 11.6. The van der Waals surface area contributed by atoms with Gasteiger partial charge in [0, 0.05) is 23.5 Å². The van der Waals surface area contributed by atoms with E-state index in [0.29, 0.717) is 11.1 Å². The van der Waals surface area contributed by atoms with Gasteiger partial charge in [-0.05, 0) is 12.1 Å². The molecule has 2 aromatic rings. The molecule has 1 aromatic heterocycles. The maximum atomic E-state index is 11.6. The lowest BCUT2D eigenvalue weighted by Gasteiger charge is -1.98. The number of nitrogen functional groups attached to an aromatic ring is 1. The van der Waals surface area contributed by atoms with Gasteiger partial charge in [-0.3, -0.25) is 4.79 Å². The summed E-state index contributed by atoms with van der Waals surface area (Å²) >= 11 is 0. The molecule has 0 atom stereocenters. The van der Waals surface area contributed by atoms with Gasteiger partial charge in [-0.15, -0.1) is 0 Å². The number of anilines is 1. The van der Waals surface area contributed by atoms with Crippen LogP contribution in [0, 0.1) is 0 Å². The molecule has 0 unspecified atom stereocenters. The number of hydrogen-bond donors (Lipinski definition) is 2. The lowest BCUT2D eigenvalue weighted by molar-refractivity contribution is 0.0955. The van der Waals surface area contributed by atoms with E-state index in [1.54, 1.807) is 24.3 Å². The Bertz CT molecular complexity index is 550. The van der Waals surface area contributed by atoms with Gasteiger partial charge in [-0.25, -0.2) is 15.4 Å². The second kappa shape index (κ2) is 5.53. The van der Waals surface area contributed by atoms with Crippen molar-refractivity contribution in [2.24, 2.45) is 5.10 Å². The maximum Gasteiger partial charge on any atom is 0.271 e. The van der Waals surface area contributed by atoms with Crippen LogP contribution in [0.5, 0.6) is 0 Å². The monoisotopic (exact) mass is 241 g/mol. The summed E-state index contributed by atoms with van der Waals surface area (Å²) in [6.07, 6.45) is 4.47. The molecule has 0 aliphatic carbocycles. The first-order valence-electron chi connectivity index (χ1n) is 5.21. The van der Waals surface area contributed by atoms with Crippen molar-refractivity contribution in [2.45, 2.75) is 0 Å². The quantitative estimate of drug-likeness (QED) is 0.614. The number of rotatable bonds is 3. The van der Waals surface area contributed by atoms with Gasteiger partial charge < -0.3 is 5.73 Å². The molecule has 1 aromatic carbocycles. The molecule has 2 rings (SSSR count). The Kier molecular flexibility index (Phi) is 3.60. The van der Waals surface area contributed by atoms with E-state index in [-0.39, 0.29) is 11.9 Å². The van der Waals surface area contributed by atoms with Crippen LogP contribution >= 0.6 is 0 Å². The zero-order chi connectivity index (χ0) is 12.8. The third kappa shape index (κ3) is 3.11. The smallest absolute Gasteiger partial charge is 0.271 e. The molecular formula is C12H11N5O. The van der Waals surface area contributed by atoms with Crippen LogP contribution < -0.4 is 11.2 Å². The zero-order valence-electron chi connectivity index (χ0n) is 9.45. The number of amides is 1. The summed E-state index contributed by atoms with van der Waals surface area (Å²) in [6, 6.07) is 8.82. The second-order valence-electron chi connectivity index (χ2n) is 3.44. The predicted molar refractivity (Wildman–Crippen MR) is 67.9 cm³/mol. The van der Waals surface area contributed by atoms with Gasteiger partial charge in [0.25, 0.3) is 5.91 Å². The Morgan fingerprint density at radius 3 is 2.56 bits per heavy atom. The molecule has 6 nitrogen and oxygen atoms in total. The summed E-state index contributed by atoms with van der Waals surface area (Å²) in [5.41, 5.74) is 8.94. The van der Waals surface area contributed by atoms with Crippen molar-refractivity contribution in [2.75, 3.05) is 5.73 Å². The summed E-state index contributed by atoms with van der Waals surface area (Å²) in [5.74, 6) is -0.0799. The number of benzene rings is 1. The van der Waals surface area contributed by atoms with Crippen molar-refractivity contribution < 1.29 is 4.79 Å². The minimum absolute atomic E-state index is 0.195. The molecule has 3 N–H and O–H groups in total. The summed E-state index contributed by atoms with van der Waals surface area (Å²) in [7, 11) is 0. The fourth-order valence-corrected chi connectivity index (χ4v) is 1.23. The average Bonchev–Trinajstić information content (AvgIpc) is 2.42. The van der Waals surface area contributed by atoms with Crippen LogP contribution in [0.1, 0.15) is 15.9 Å². The van der Waals surface area contributed by atoms with Crippen LogP contribution in [-0.4, -0.2) is 22.1 Å². The molecule has 0 radical (unpaired) electrons. The van der Waals surface area contributed by atoms with E-state index in [2.05, 4.69) is 20.5 Å². The van der Waals surface area contributed by atoms with Gasteiger partial charge in [0.05, 0.1) is 6.21 Å². The van der Waals surface area contributed by atoms with Gasteiger partial charge in [0.15, 0.2) is 0 Å². The van der Waals surface area contributed by atoms with Crippen LogP contribution in [0.4, 0.5) is 5.95 Å². The topological polar surface area (TPSA) is 93.3 Å².